The van der Waals surface area contributed by atoms with Crippen LogP contribution in [0.25, 0.3) is 0 Å². The number of nitrogens with one attached hydrogen (secondary N) is 1. The zero-order valence-corrected chi connectivity index (χ0v) is 9.73. The number of likely N-dealkylation sites (N-methyl/N-ethyl adjacent to an activating group) is 1. The van der Waals surface area contributed by atoms with Crippen LogP contribution in [0.4, 0.5) is 4.39 Å². The fourth-order valence-corrected chi connectivity index (χ4v) is 1.78. The van der Waals surface area contributed by atoms with Crippen LogP contribution in [0.15, 0.2) is 18.2 Å². The summed E-state index contributed by atoms with van der Waals surface area (Å²) in [4.78, 5) is 0. The van der Waals surface area contributed by atoms with Crippen LogP contribution in [0.3, 0.4) is 0 Å². The lowest BCUT2D eigenvalue weighted by molar-refractivity contribution is 0.189. The van der Waals surface area contributed by atoms with Crippen LogP contribution in [-0.2, 0) is 5.67 Å². The van der Waals surface area contributed by atoms with Crippen LogP contribution in [0.1, 0.15) is 18.1 Å². The Balaban J connectivity index is 3.04. The van der Waals surface area contributed by atoms with Crippen molar-refractivity contribution in [2.24, 2.45) is 0 Å². The number of alkyl halides is 1. The molecule has 2 nitrogen and oxygen atoms in total. The number of ether oxygens (including phenoxy) is 1. The Labute approximate surface area is 90.4 Å². The SMILES string of the molecule is CNCC(C)(F)c1ccc(OC)cc1C. The average Bonchev–Trinajstić information content (AvgIpc) is 2.17. The standard InChI is InChI=1S/C12H18FNO/c1-9-7-10(15-4)5-6-11(9)12(2,13)8-14-3/h5-7,14H,8H2,1-4H3. The number of rotatable bonds is 4. The third kappa shape index (κ3) is 2.69. The first-order valence-corrected chi connectivity index (χ1v) is 5.00. The summed E-state index contributed by atoms with van der Waals surface area (Å²) in [6.07, 6.45) is 0. The molecule has 0 bridgehead atoms. The minimum absolute atomic E-state index is 0.306. The maximum absolute atomic E-state index is 14.2. The van der Waals surface area contributed by atoms with Gasteiger partial charge in [-0.1, -0.05) is 6.07 Å². The van der Waals surface area contributed by atoms with E-state index in [-0.39, 0.29) is 0 Å². The van der Waals surface area contributed by atoms with E-state index < -0.39 is 5.67 Å². The van der Waals surface area contributed by atoms with Crippen molar-refractivity contribution in [3.63, 3.8) is 0 Å². The molecule has 84 valence electrons. The minimum atomic E-state index is -1.34. The normalized spacial score (nSPS) is 14.7. The zero-order chi connectivity index (χ0) is 11.5. The van der Waals surface area contributed by atoms with E-state index in [0.29, 0.717) is 12.1 Å². The summed E-state index contributed by atoms with van der Waals surface area (Å²) in [7, 11) is 3.35. The van der Waals surface area contributed by atoms with Crippen LogP contribution >= 0.6 is 0 Å². The van der Waals surface area contributed by atoms with E-state index in [2.05, 4.69) is 5.32 Å². The highest BCUT2D eigenvalue weighted by Crippen LogP contribution is 2.29. The lowest BCUT2D eigenvalue weighted by Gasteiger charge is -2.22. The molecule has 1 unspecified atom stereocenters. The maximum Gasteiger partial charge on any atom is 0.145 e. The highest BCUT2D eigenvalue weighted by molar-refractivity contribution is 5.38. The molecule has 1 aromatic rings. The molecular formula is C12H18FNO. The summed E-state index contributed by atoms with van der Waals surface area (Å²) in [6, 6.07) is 5.42. The molecule has 0 spiro atoms. The first kappa shape index (κ1) is 12.0. The number of hydrogen-bond donors (Lipinski definition) is 1. The van der Waals surface area contributed by atoms with Crippen molar-refractivity contribution in [3.8, 4) is 5.75 Å². The molecule has 0 saturated heterocycles. The van der Waals surface area contributed by atoms with Gasteiger partial charge in [-0.3, -0.25) is 0 Å². The molecule has 0 aromatic heterocycles. The second-order valence-corrected chi connectivity index (χ2v) is 3.91. The predicted octanol–water partition coefficient (Wildman–Crippen LogP) is 2.41. The molecule has 1 N–H and O–H groups in total. The van der Waals surface area contributed by atoms with Crippen LogP contribution in [0.5, 0.6) is 5.75 Å². The van der Waals surface area contributed by atoms with Crippen molar-refractivity contribution < 1.29 is 9.13 Å². The smallest absolute Gasteiger partial charge is 0.145 e. The Bertz CT molecular complexity index is 336. The summed E-state index contributed by atoms with van der Waals surface area (Å²) in [5, 5.41) is 2.86. The molecule has 1 rings (SSSR count). The summed E-state index contributed by atoms with van der Waals surface area (Å²) in [5.74, 6) is 0.761. The van der Waals surface area contributed by atoms with Gasteiger partial charge in [0, 0.05) is 6.54 Å². The maximum atomic E-state index is 14.2. The van der Waals surface area contributed by atoms with Crippen molar-refractivity contribution in [3.05, 3.63) is 29.3 Å². The fraction of sp³-hybridized carbons (Fsp3) is 0.500. The van der Waals surface area contributed by atoms with Crippen LogP contribution in [-0.4, -0.2) is 20.7 Å². The van der Waals surface area contributed by atoms with Gasteiger partial charge in [-0.25, -0.2) is 4.39 Å². The van der Waals surface area contributed by atoms with Crippen molar-refractivity contribution >= 4 is 0 Å². The van der Waals surface area contributed by atoms with Crippen molar-refractivity contribution in [1.82, 2.24) is 5.32 Å². The topological polar surface area (TPSA) is 21.3 Å². The quantitative estimate of drug-likeness (QED) is 0.825. The largest absolute Gasteiger partial charge is 0.497 e. The lowest BCUT2D eigenvalue weighted by Crippen LogP contribution is -2.30. The van der Waals surface area contributed by atoms with Gasteiger partial charge >= 0.3 is 0 Å². The number of aryl methyl sites for hydroxylation is 1. The Kier molecular flexibility index (Phi) is 3.69. The van der Waals surface area contributed by atoms with E-state index in [1.54, 1.807) is 33.2 Å². The highest BCUT2D eigenvalue weighted by Gasteiger charge is 2.26. The van der Waals surface area contributed by atoms with Gasteiger partial charge in [-0.2, -0.15) is 0 Å². The van der Waals surface area contributed by atoms with Crippen molar-refractivity contribution in [1.29, 1.82) is 0 Å². The predicted molar refractivity (Wildman–Crippen MR) is 60.1 cm³/mol. The van der Waals surface area contributed by atoms with Gasteiger partial charge in [0.15, 0.2) is 0 Å². The monoisotopic (exact) mass is 211 g/mol. The minimum Gasteiger partial charge on any atom is -0.497 e. The van der Waals surface area contributed by atoms with Crippen LogP contribution in [0.2, 0.25) is 0 Å². The molecule has 1 aromatic carbocycles. The van der Waals surface area contributed by atoms with Gasteiger partial charge < -0.3 is 10.1 Å². The molecule has 0 aliphatic heterocycles. The van der Waals surface area contributed by atoms with E-state index in [1.807, 2.05) is 13.0 Å². The van der Waals surface area contributed by atoms with Crippen LogP contribution in [0, 0.1) is 6.92 Å². The van der Waals surface area contributed by atoms with Gasteiger partial charge in [-0.15, -0.1) is 0 Å². The third-order valence-corrected chi connectivity index (χ3v) is 2.50. The van der Waals surface area contributed by atoms with E-state index in [4.69, 9.17) is 4.74 Å². The number of halogens is 1. The first-order valence-electron chi connectivity index (χ1n) is 5.00. The Morgan fingerprint density at radius 3 is 2.60 bits per heavy atom. The molecule has 15 heavy (non-hydrogen) atoms. The number of benzene rings is 1. The first-order chi connectivity index (χ1) is 7.01. The Hall–Kier alpha value is -1.09. The molecule has 1 atom stereocenters. The summed E-state index contributed by atoms with van der Waals surface area (Å²) >= 11 is 0. The molecule has 0 amide bonds. The third-order valence-electron chi connectivity index (χ3n) is 2.50. The number of methoxy groups -OCH3 is 1. The molecule has 0 fully saturated rings. The lowest BCUT2D eigenvalue weighted by atomic mass is 9.93. The molecule has 3 heteroatoms. The van der Waals surface area contributed by atoms with E-state index >= 15 is 0 Å². The van der Waals surface area contributed by atoms with Crippen LogP contribution < -0.4 is 10.1 Å². The van der Waals surface area contributed by atoms with E-state index in [9.17, 15) is 4.39 Å². The van der Waals surface area contributed by atoms with Crippen molar-refractivity contribution in [2.45, 2.75) is 19.5 Å². The molecule has 0 aliphatic rings. The number of hydrogen-bond acceptors (Lipinski definition) is 2. The molecular weight excluding hydrogens is 193 g/mol. The second kappa shape index (κ2) is 4.62. The van der Waals surface area contributed by atoms with Gasteiger partial charge in [0.1, 0.15) is 11.4 Å². The Morgan fingerprint density at radius 1 is 1.47 bits per heavy atom. The fourth-order valence-electron chi connectivity index (χ4n) is 1.78. The molecule has 0 heterocycles. The van der Waals surface area contributed by atoms with E-state index in [0.717, 1.165) is 11.3 Å². The molecule has 0 aliphatic carbocycles. The van der Waals surface area contributed by atoms with Gasteiger partial charge in [0.25, 0.3) is 0 Å². The summed E-state index contributed by atoms with van der Waals surface area (Å²) < 4.78 is 19.3. The Morgan fingerprint density at radius 2 is 2.13 bits per heavy atom. The summed E-state index contributed by atoms with van der Waals surface area (Å²) in [6.45, 7) is 3.78. The molecule has 0 saturated carbocycles. The average molecular weight is 211 g/mol. The highest BCUT2D eigenvalue weighted by atomic mass is 19.1. The van der Waals surface area contributed by atoms with Gasteiger partial charge in [0.2, 0.25) is 0 Å². The second-order valence-electron chi connectivity index (χ2n) is 3.91. The summed E-state index contributed by atoms with van der Waals surface area (Å²) in [5.41, 5.74) is 0.276. The zero-order valence-electron chi connectivity index (χ0n) is 9.73. The van der Waals surface area contributed by atoms with E-state index in [1.165, 1.54) is 0 Å². The van der Waals surface area contributed by atoms with Crippen molar-refractivity contribution in [2.75, 3.05) is 20.7 Å². The van der Waals surface area contributed by atoms with Gasteiger partial charge in [-0.05, 0) is 44.2 Å². The van der Waals surface area contributed by atoms with Gasteiger partial charge in [0.05, 0.1) is 7.11 Å². The molecule has 0 radical (unpaired) electrons.